The van der Waals surface area contributed by atoms with Crippen LogP contribution in [0.3, 0.4) is 0 Å². The van der Waals surface area contributed by atoms with E-state index in [-0.39, 0.29) is 45.1 Å². The van der Waals surface area contributed by atoms with Gasteiger partial charge in [-0.05, 0) is 0 Å². The molecule has 0 rings (SSSR count). The van der Waals surface area contributed by atoms with E-state index in [9.17, 15) is 14.4 Å². The van der Waals surface area contributed by atoms with Gasteiger partial charge >= 0.3 is 11.9 Å². The van der Waals surface area contributed by atoms with Crippen LogP contribution in [-0.4, -0.2) is 45.9 Å². The van der Waals surface area contributed by atoms with Crippen molar-refractivity contribution in [3.63, 3.8) is 0 Å². The molecule has 0 aliphatic heterocycles. The van der Waals surface area contributed by atoms with Gasteiger partial charge in [0.15, 0.2) is 6.10 Å². The average molecular weight is 337 g/mol. The zero-order valence-corrected chi connectivity index (χ0v) is 8.18. The van der Waals surface area contributed by atoms with Crippen LogP contribution in [0.5, 0.6) is 0 Å². The zero-order chi connectivity index (χ0) is 9.72. The second-order valence-electron chi connectivity index (χ2n) is 1.77. The van der Waals surface area contributed by atoms with Gasteiger partial charge in [-0.3, -0.25) is 4.79 Å². The molecule has 2 unspecified atom stereocenters. The van der Waals surface area contributed by atoms with Gasteiger partial charge in [0.05, 0.1) is 0 Å². The molecule has 0 spiro atoms. The number of carboxylic acid groups (broad SMARTS) is 2. The van der Waals surface area contributed by atoms with E-state index >= 15 is 0 Å². The monoisotopic (exact) mass is 337 g/mol. The molecular formula is C5H6O7Tb. The van der Waals surface area contributed by atoms with Crippen molar-refractivity contribution in [1.82, 2.24) is 0 Å². The first-order valence-electron chi connectivity index (χ1n) is 2.73. The van der Waals surface area contributed by atoms with E-state index in [0.29, 0.717) is 0 Å². The Bertz CT molecular complexity index is 203. The molecule has 0 amide bonds. The van der Waals surface area contributed by atoms with Gasteiger partial charge in [-0.1, -0.05) is 0 Å². The van der Waals surface area contributed by atoms with Crippen molar-refractivity contribution in [2.24, 2.45) is 0 Å². The molecule has 0 heterocycles. The standard InChI is InChI=1S/C5H6O7.Tb/c6-1-12-3(5(10)11)2(7)4(8)9;/h1-3,7H,(H,8,9)(H,10,11);. The number of hydrogen-bond donors (Lipinski definition) is 3. The van der Waals surface area contributed by atoms with Crippen molar-refractivity contribution in [2.75, 3.05) is 0 Å². The summed E-state index contributed by atoms with van der Waals surface area (Å²) < 4.78 is 3.82. The Labute approximate surface area is 103 Å². The number of aliphatic hydroxyl groups is 1. The van der Waals surface area contributed by atoms with Crippen molar-refractivity contribution in [3.8, 4) is 0 Å². The van der Waals surface area contributed by atoms with Crippen LogP contribution in [0.1, 0.15) is 0 Å². The summed E-state index contributed by atoms with van der Waals surface area (Å²) in [4.78, 5) is 29.8. The molecule has 0 aliphatic rings. The predicted octanol–water partition coefficient (Wildman–Crippen LogP) is -1.94. The first-order chi connectivity index (χ1) is 5.50. The van der Waals surface area contributed by atoms with E-state index in [0.717, 1.165) is 0 Å². The van der Waals surface area contributed by atoms with Crippen LogP contribution in [0, 0.1) is 38.6 Å². The number of hydrogen-bond acceptors (Lipinski definition) is 5. The van der Waals surface area contributed by atoms with Gasteiger partial charge in [0, 0.05) is 38.6 Å². The third kappa shape index (κ3) is 5.06. The second-order valence-corrected chi connectivity index (χ2v) is 1.77. The normalized spacial score (nSPS) is 13.3. The molecule has 0 aromatic heterocycles. The van der Waals surface area contributed by atoms with Crippen molar-refractivity contribution in [2.45, 2.75) is 12.2 Å². The van der Waals surface area contributed by atoms with Crippen molar-refractivity contribution < 1.29 is 73.1 Å². The third-order valence-electron chi connectivity index (χ3n) is 0.985. The molecule has 3 N–H and O–H groups in total. The molecule has 0 saturated heterocycles. The molecule has 0 aliphatic carbocycles. The fourth-order valence-corrected chi connectivity index (χ4v) is 0.457. The van der Waals surface area contributed by atoms with Crippen LogP contribution in [0.2, 0.25) is 0 Å². The number of carbonyl (C=O) groups is 3. The van der Waals surface area contributed by atoms with Crippen LogP contribution in [-0.2, 0) is 19.1 Å². The molecule has 2 atom stereocenters. The summed E-state index contributed by atoms with van der Waals surface area (Å²) in [5.41, 5.74) is 0. The minimum atomic E-state index is -2.26. The molecule has 0 aromatic rings. The number of carbonyl (C=O) groups excluding carboxylic acids is 1. The Morgan fingerprint density at radius 2 is 1.69 bits per heavy atom. The van der Waals surface area contributed by atoms with Gasteiger partial charge in [-0.15, -0.1) is 0 Å². The maximum Gasteiger partial charge on any atom is 0.348 e. The summed E-state index contributed by atoms with van der Waals surface area (Å²) in [6, 6.07) is 0. The first kappa shape index (κ1) is 15.1. The molecule has 0 fully saturated rings. The van der Waals surface area contributed by atoms with Gasteiger partial charge in [0.25, 0.3) is 6.47 Å². The molecule has 0 aromatic carbocycles. The molecule has 0 bridgehead atoms. The van der Waals surface area contributed by atoms with E-state index in [2.05, 4.69) is 4.74 Å². The SMILES string of the molecule is O=COC(C(=O)O)C(O)C(=O)O.[Tb]. The summed E-state index contributed by atoms with van der Waals surface area (Å²) >= 11 is 0. The van der Waals surface area contributed by atoms with Crippen LogP contribution < -0.4 is 0 Å². The van der Waals surface area contributed by atoms with Gasteiger partial charge in [0.2, 0.25) is 6.10 Å². The third-order valence-corrected chi connectivity index (χ3v) is 0.985. The summed E-state index contributed by atoms with van der Waals surface area (Å²) in [5.74, 6) is -3.50. The van der Waals surface area contributed by atoms with Crippen LogP contribution in [0.15, 0.2) is 0 Å². The number of aliphatic hydroxyl groups excluding tert-OH is 1. The molecule has 0 saturated carbocycles. The fraction of sp³-hybridized carbons (Fsp3) is 0.400. The van der Waals surface area contributed by atoms with Crippen molar-refractivity contribution >= 4 is 18.4 Å². The summed E-state index contributed by atoms with van der Waals surface area (Å²) in [7, 11) is 0. The maximum atomic E-state index is 10.1. The molecule has 77 valence electrons. The maximum absolute atomic E-state index is 10.1. The van der Waals surface area contributed by atoms with E-state index < -0.39 is 24.1 Å². The zero-order valence-electron chi connectivity index (χ0n) is 6.04. The Hall–Kier alpha value is -0.344. The van der Waals surface area contributed by atoms with Crippen LogP contribution >= 0.6 is 0 Å². The molecular weight excluding hydrogens is 331 g/mol. The van der Waals surface area contributed by atoms with Crippen LogP contribution in [0.4, 0.5) is 0 Å². The topological polar surface area (TPSA) is 121 Å². The average Bonchev–Trinajstić information content (AvgIpc) is 1.98. The van der Waals surface area contributed by atoms with Gasteiger partial charge in [-0.25, -0.2) is 9.59 Å². The molecule has 1 radical (unpaired) electrons. The van der Waals surface area contributed by atoms with Crippen molar-refractivity contribution in [1.29, 1.82) is 0 Å². The summed E-state index contributed by atoms with van der Waals surface area (Å²) in [6.07, 6.45) is -4.33. The van der Waals surface area contributed by atoms with E-state index in [4.69, 9.17) is 15.3 Å². The van der Waals surface area contributed by atoms with E-state index in [1.165, 1.54) is 0 Å². The van der Waals surface area contributed by atoms with Gasteiger partial charge in [0.1, 0.15) is 0 Å². The summed E-state index contributed by atoms with van der Waals surface area (Å²) in [5, 5.41) is 25.0. The van der Waals surface area contributed by atoms with E-state index in [1.807, 2.05) is 0 Å². The minimum absolute atomic E-state index is 0. The number of ether oxygens (including phenoxy) is 1. The largest absolute Gasteiger partial charge is 0.479 e. The number of aliphatic carboxylic acids is 2. The van der Waals surface area contributed by atoms with E-state index in [1.54, 1.807) is 0 Å². The van der Waals surface area contributed by atoms with Crippen LogP contribution in [0.25, 0.3) is 0 Å². The Balaban J connectivity index is 0. The smallest absolute Gasteiger partial charge is 0.348 e. The molecule has 8 heteroatoms. The molecule has 7 nitrogen and oxygen atoms in total. The number of rotatable bonds is 5. The van der Waals surface area contributed by atoms with Gasteiger partial charge < -0.3 is 20.1 Å². The first-order valence-corrected chi connectivity index (χ1v) is 2.73. The van der Waals surface area contributed by atoms with Crippen molar-refractivity contribution in [3.05, 3.63) is 0 Å². The Morgan fingerprint density at radius 3 is 1.92 bits per heavy atom. The molecule has 13 heavy (non-hydrogen) atoms. The Morgan fingerprint density at radius 1 is 1.23 bits per heavy atom. The second kappa shape index (κ2) is 7.10. The quantitative estimate of drug-likeness (QED) is 0.499. The predicted molar refractivity (Wildman–Crippen MR) is 32.2 cm³/mol. The number of carboxylic acids is 2. The Kier molecular flexibility index (Phi) is 8.27. The van der Waals surface area contributed by atoms with Gasteiger partial charge in [-0.2, -0.15) is 0 Å². The summed E-state index contributed by atoms with van der Waals surface area (Å²) in [6.45, 7) is -0.245. The fourth-order valence-electron chi connectivity index (χ4n) is 0.457. The minimum Gasteiger partial charge on any atom is -0.479 e.